The van der Waals surface area contributed by atoms with Crippen molar-refractivity contribution in [1.29, 1.82) is 0 Å². The number of aliphatic imine (C=N–C) groups is 1. The second kappa shape index (κ2) is 4.30. The summed E-state index contributed by atoms with van der Waals surface area (Å²) in [5.41, 5.74) is 5.21. The molecule has 0 aromatic carbocycles. The first-order chi connectivity index (χ1) is 4.92. The predicted molar refractivity (Wildman–Crippen MR) is 44.8 cm³/mol. The Hall–Kier alpha value is -0.620. The van der Waals surface area contributed by atoms with Gasteiger partial charge in [-0.15, -0.1) is 0 Å². The monoisotopic (exact) mass is 179 g/mol. The Bertz CT molecular complexity index is 228. The van der Waals surface area contributed by atoms with Gasteiger partial charge in [-0.3, -0.25) is 4.99 Å². The van der Waals surface area contributed by atoms with E-state index in [1.807, 2.05) is 0 Å². The molecule has 0 spiro atoms. The van der Waals surface area contributed by atoms with Crippen molar-refractivity contribution in [2.45, 2.75) is 13.3 Å². The fraction of sp³-hybridized carbons (Fsp3) is 0.800. The van der Waals surface area contributed by atoms with Gasteiger partial charge in [0.05, 0.1) is 11.6 Å². The molecule has 0 saturated carbocycles. The lowest BCUT2D eigenvalue weighted by molar-refractivity contribution is 0.595. The number of primary sulfonamides is 1. The summed E-state index contributed by atoms with van der Waals surface area (Å²) < 4.78 is 20.7. The number of rotatable bonds is 4. The van der Waals surface area contributed by atoms with Gasteiger partial charge in [-0.05, 0) is 13.3 Å². The minimum Gasteiger partial charge on any atom is -0.388 e. The lowest BCUT2D eigenvalue weighted by Gasteiger charge is -1.94. The van der Waals surface area contributed by atoms with Crippen LogP contribution in [0.4, 0.5) is 0 Å². The van der Waals surface area contributed by atoms with E-state index < -0.39 is 10.0 Å². The average molecular weight is 179 g/mol. The molecule has 11 heavy (non-hydrogen) atoms. The highest BCUT2D eigenvalue weighted by molar-refractivity contribution is 7.89. The number of amidine groups is 1. The van der Waals surface area contributed by atoms with Crippen molar-refractivity contribution in [2.24, 2.45) is 15.9 Å². The van der Waals surface area contributed by atoms with Crippen molar-refractivity contribution in [3.05, 3.63) is 0 Å². The molecule has 0 aliphatic heterocycles. The predicted octanol–water partition coefficient (Wildman–Crippen LogP) is -0.958. The molecule has 0 saturated heterocycles. The van der Waals surface area contributed by atoms with Gasteiger partial charge in [0.25, 0.3) is 0 Å². The molecule has 0 atom stereocenters. The molecule has 0 rings (SSSR count). The van der Waals surface area contributed by atoms with Crippen LogP contribution in [0.5, 0.6) is 0 Å². The maximum Gasteiger partial charge on any atom is 0.209 e. The van der Waals surface area contributed by atoms with Crippen molar-refractivity contribution in [3.63, 3.8) is 0 Å². The summed E-state index contributed by atoms with van der Waals surface area (Å²) in [6, 6.07) is 0. The normalized spacial score (nSPS) is 13.5. The average Bonchev–Trinajstić information content (AvgIpc) is 1.78. The minimum atomic E-state index is -3.33. The first-order valence-corrected chi connectivity index (χ1v) is 4.90. The van der Waals surface area contributed by atoms with Gasteiger partial charge in [0, 0.05) is 6.54 Å². The number of sulfonamides is 1. The van der Waals surface area contributed by atoms with Gasteiger partial charge in [0.15, 0.2) is 0 Å². The van der Waals surface area contributed by atoms with Crippen LogP contribution in [0.25, 0.3) is 0 Å². The SMILES string of the molecule is CC(N)=NCCCS(N)(=O)=O. The van der Waals surface area contributed by atoms with Crippen molar-refractivity contribution in [3.8, 4) is 0 Å². The Balaban J connectivity index is 3.53. The van der Waals surface area contributed by atoms with Crippen LogP contribution in [-0.4, -0.2) is 26.6 Å². The highest BCUT2D eigenvalue weighted by Gasteiger charge is 1.99. The Morgan fingerprint density at radius 3 is 2.45 bits per heavy atom. The molecule has 6 heteroatoms. The lowest BCUT2D eigenvalue weighted by Crippen LogP contribution is -2.17. The number of nitrogens with two attached hydrogens (primary N) is 2. The maximum absolute atomic E-state index is 10.4. The Morgan fingerprint density at radius 1 is 1.55 bits per heavy atom. The van der Waals surface area contributed by atoms with E-state index in [0.29, 0.717) is 18.8 Å². The van der Waals surface area contributed by atoms with Gasteiger partial charge >= 0.3 is 0 Å². The van der Waals surface area contributed by atoms with E-state index >= 15 is 0 Å². The lowest BCUT2D eigenvalue weighted by atomic mass is 10.5. The molecule has 0 radical (unpaired) electrons. The summed E-state index contributed by atoms with van der Waals surface area (Å²) in [6.07, 6.45) is 0.424. The summed E-state index contributed by atoms with van der Waals surface area (Å²) in [5, 5.41) is 4.74. The van der Waals surface area contributed by atoms with E-state index in [1.54, 1.807) is 6.92 Å². The fourth-order valence-corrected chi connectivity index (χ4v) is 1.05. The summed E-state index contributed by atoms with van der Waals surface area (Å²) in [5.74, 6) is 0.420. The summed E-state index contributed by atoms with van der Waals surface area (Å²) in [7, 11) is -3.33. The van der Waals surface area contributed by atoms with Crippen LogP contribution in [0, 0.1) is 0 Å². The minimum absolute atomic E-state index is 0.0379. The molecule has 0 amide bonds. The molecular weight excluding hydrogens is 166 g/mol. The maximum atomic E-state index is 10.4. The molecule has 0 unspecified atom stereocenters. The topological polar surface area (TPSA) is 98.5 Å². The highest BCUT2D eigenvalue weighted by atomic mass is 32.2. The van der Waals surface area contributed by atoms with Crippen molar-refractivity contribution < 1.29 is 8.42 Å². The van der Waals surface area contributed by atoms with E-state index in [9.17, 15) is 8.42 Å². The molecule has 0 fully saturated rings. The summed E-state index contributed by atoms with van der Waals surface area (Å²) >= 11 is 0. The fourth-order valence-electron chi connectivity index (χ4n) is 0.521. The Kier molecular flexibility index (Phi) is 4.06. The third-order valence-electron chi connectivity index (χ3n) is 0.948. The van der Waals surface area contributed by atoms with Gasteiger partial charge in [0.2, 0.25) is 10.0 Å². The van der Waals surface area contributed by atoms with Crippen LogP contribution >= 0.6 is 0 Å². The van der Waals surface area contributed by atoms with Crippen molar-refractivity contribution >= 4 is 15.9 Å². The number of hydrogen-bond acceptors (Lipinski definition) is 3. The largest absolute Gasteiger partial charge is 0.388 e. The van der Waals surface area contributed by atoms with Crippen LogP contribution in [0.1, 0.15) is 13.3 Å². The van der Waals surface area contributed by atoms with E-state index in [1.165, 1.54) is 0 Å². The van der Waals surface area contributed by atoms with Gasteiger partial charge in [-0.25, -0.2) is 13.6 Å². The van der Waals surface area contributed by atoms with Crippen LogP contribution in [0.15, 0.2) is 4.99 Å². The molecule has 0 aliphatic carbocycles. The highest BCUT2D eigenvalue weighted by Crippen LogP contribution is 1.86. The van der Waals surface area contributed by atoms with Gasteiger partial charge < -0.3 is 5.73 Å². The second-order valence-corrected chi connectivity index (χ2v) is 3.98. The molecule has 0 aromatic rings. The molecule has 66 valence electrons. The van der Waals surface area contributed by atoms with Crippen molar-refractivity contribution in [1.82, 2.24) is 0 Å². The molecule has 0 bridgehead atoms. The molecule has 0 heterocycles. The van der Waals surface area contributed by atoms with Gasteiger partial charge in [-0.2, -0.15) is 0 Å². The molecule has 0 aliphatic rings. The standard InChI is InChI=1S/C5H13N3O2S/c1-5(6)8-3-2-4-11(7,9)10/h2-4H2,1H3,(H2,6,8)(H2,7,9,10). The summed E-state index contributed by atoms with van der Waals surface area (Å²) in [6.45, 7) is 2.07. The van der Waals surface area contributed by atoms with E-state index in [-0.39, 0.29) is 5.75 Å². The summed E-state index contributed by atoms with van der Waals surface area (Å²) in [4.78, 5) is 3.80. The second-order valence-electron chi connectivity index (χ2n) is 2.24. The molecule has 5 nitrogen and oxygen atoms in total. The first-order valence-electron chi connectivity index (χ1n) is 3.19. The van der Waals surface area contributed by atoms with E-state index in [0.717, 1.165) is 0 Å². The zero-order valence-electron chi connectivity index (χ0n) is 6.45. The Morgan fingerprint density at radius 2 is 2.09 bits per heavy atom. The van der Waals surface area contributed by atoms with E-state index in [4.69, 9.17) is 10.9 Å². The first kappa shape index (κ1) is 10.4. The molecular formula is C5H13N3O2S. The third-order valence-corrected chi connectivity index (χ3v) is 1.81. The van der Waals surface area contributed by atoms with Crippen LogP contribution in [0.3, 0.4) is 0 Å². The number of nitrogens with zero attached hydrogens (tertiary/aromatic N) is 1. The third kappa shape index (κ3) is 9.38. The molecule has 0 aromatic heterocycles. The van der Waals surface area contributed by atoms with Gasteiger partial charge in [0.1, 0.15) is 0 Å². The quantitative estimate of drug-likeness (QED) is 0.330. The number of hydrogen-bond donors (Lipinski definition) is 2. The van der Waals surface area contributed by atoms with Crippen LogP contribution < -0.4 is 10.9 Å². The Labute approximate surface area is 66.5 Å². The van der Waals surface area contributed by atoms with Gasteiger partial charge in [-0.1, -0.05) is 0 Å². The molecule has 4 N–H and O–H groups in total. The zero-order chi connectivity index (χ0) is 8.91. The zero-order valence-corrected chi connectivity index (χ0v) is 7.26. The van der Waals surface area contributed by atoms with Crippen LogP contribution in [0.2, 0.25) is 0 Å². The van der Waals surface area contributed by atoms with E-state index in [2.05, 4.69) is 4.99 Å². The van der Waals surface area contributed by atoms with Crippen molar-refractivity contribution in [2.75, 3.05) is 12.3 Å². The van der Waals surface area contributed by atoms with Crippen LogP contribution in [-0.2, 0) is 10.0 Å². The smallest absolute Gasteiger partial charge is 0.209 e.